The summed E-state index contributed by atoms with van der Waals surface area (Å²) < 4.78 is 41.6. The van der Waals surface area contributed by atoms with Gasteiger partial charge in [-0.1, -0.05) is 6.58 Å². The first-order valence-corrected chi connectivity index (χ1v) is 8.77. The van der Waals surface area contributed by atoms with E-state index in [1.807, 2.05) is 6.92 Å². The maximum Gasteiger partial charge on any atom is 1.00 e. The average molecular weight is 344 g/mol. The molecular weight excluding hydrogens is 319 g/mol. The molecule has 0 aliphatic heterocycles. The molecule has 0 radical (unpaired) electrons. The van der Waals surface area contributed by atoms with E-state index in [2.05, 4.69) is 6.58 Å². The van der Waals surface area contributed by atoms with Gasteiger partial charge in [-0.3, -0.25) is 0 Å². The van der Waals surface area contributed by atoms with Crippen LogP contribution in [0.1, 0.15) is 45.4 Å². The Balaban J connectivity index is 0. The Morgan fingerprint density at radius 1 is 1.18 bits per heavy atom. The second-order valence-electron chi connectivity index (χ2n) is 4.87. The number of unbranched alkanes of at least 4 members (excludes halogenated alkanes) is 3. The molecule has 0 bridgehead atoms. The van der Waals surface area contributed by atoms with E-state index in [0.717, 1.165) is 31.8 Å². The SMILES string of the molecule is C=CC(=O)OCCCCCOC(C)CCCCS(=O)(=O)[O-].[Na+]. The van der Waals surface area contributed by atoms with Crippen molar-refractivity contribution < 1.29 is 56.8 Å². The van der Waals surface area contributed by atoms with Crippen LogP contribution in [0, 0.1) is 0 Å². The molecule has 124 valence electrons. The topological polar surface area (TPSA) is 92.7 Å². The minimum absolute atomic E-state index is 0. The van der Waals surface area contributed by atoms with Gasteiger partial charge >= 0.3 is 35.5 Å². The first-order valence-electron chi connectivity index (χ1n) is 7.19. The molecule has 0 saturated heterocycles. The maximum absolute atomic E-state index is 10.8. The van der Waals surface area contributed by atoms with Crippen molar-refractivity contribution >= 4 is 16.1 Å². The van der Waals surface area contributed by atoms with Crippen molar-refractivity contribution in [3.05, 3.63) is 12.7 Å². The van der Waals surface area contributed by atoms with E-state index in [1.165, 1.54) is 0 Å². The van der Waals surface area contributed by atoms with Gasteiger partial charge in [-0.05, 0) is 45.4 Å². The Morgan fingerprint density at radius 2 is 1.82 bits per heavy atom. The molecule has 1 unspecified atom stereocenters. The molecule has 0 rings (SSSR count). The third-order valence-electron chi connectivity index (χ3n) is 2.86. The molecule has 6 nitrogen and oxygen atoms in total. The van der Waals surface area contributed by atoms with Gasteiger partial charge in [0.25, 0.3) is 0 Å². The minimum atomic E-state index is -4.09. The van der Waals surface area contributed by atoms with Crippen LogP contribution < -0.4 is 29.6 Å². The van der Waals surface area contributed by atoms with Crippen LogP contribution in [0.3, 0.4) is 0 Å². The van der Waals surface area contributed by atoms with Gasteiger partial charge in [0, 0.05) is 18.4 Å². The number of esters is 1. The summed E-state index contributed by atoms with van der Waals surface area (Å²) in [5.74, 6) is -0.705. The monoisotopic (exact) mass is 344 g/mol. The number of carbonyl (C=O) groups excluding carboxylic acids is 1. The van der Waals surface area contributed by atoms with Gasteiger partial charge in [-0.15, -0.1) is 0 Å². The molecule has 0 saturated carbocycles. The molecular formula is C14H25NaO6S. The molecule has 8 heteroatoms. The molecule has 0 heterocycles. The molecule has 0 fully saturated rings. The van der Waals surface area contributed by atoms with Gasteiger partial charge in [0.1, 0.15) is 0 Å². The molecule has 22 heavy (non-hydrogen) atoms. The molecule has 0 spiro atoms. The minimum Gasteiger partial charge on any atom is -0.748 e. The van der Waals surface area contributed by atoms with Gasteiger partial charge < -0.3 is 14.0 Å². The number of hydrogen-bond donors (Lipinski definition) is 0. The first-order chi connectivity index (χ1) is 9.85. The van der Waals surface area contributed by atoms with Crippen LogP contribution in [-0.4, -0.2) is 44.0 Å². The molecule has 0 aromatic heterocycles. The van der Waals surface area contributed by atoms with Crippen LogP contribution in [-0.2, 0) is 24.4 Å². The summed E-state index contributed by atoms with van der Waals surface area (Å²) in [6.07, 6.45) is 5.57. The van der Waals surface area contributed by atoms with Crippen molar-refractivity contribution in [3.8, 4) is 0 Å². The summed E-state index contributed by atoms with van der Waals surface area (Å²) in [7, 11) is -4.09. The standard InChI is InChI=1S/C14H26O6S.Na/c1-3-14(15)20-11-7-4-6-10-19-13(2)9-5-8-12-21(16,17)18;/h3,13H,1,4-12H2,2H3,(H,16,17,18);/q;+1/p-1. The second kappa shape index (κ2) is 14.7. The zero-order valence-corrected chi connectivity index (χ0v) is 16.4. The maximum atomic E-state index is 10.8. The average Bonchev–Trinajstić information content (AvgIpc) is 2.41. The van der Waals surface area contributed by atoms with Crippen LogP contribution in [0.25, 0.3) is 0 Å². The van der Waals surface area contributed by atoms with E-state index < -0.39 is 16.1 Å². The molecule has 1 atom stereocenters. The summed E-state index contributed by atoms with van der Waals surface area (Å²) in [6.45, 7) is 6.25. The summed E-state index contributed by atoms with van der Waals surface area (Å²) in [6, 6.07) is 0. The van der Waals surface area contributed by atoms with Gasteiger partial charge in [0.2, 0.25) is 0 Å². The summed E-state index contributed by atoms with van der Waals surface area (Å²) in [4.78, 5) is 10.8. The largest absolute Gasteiger partial charge is 1.00 e. The summed E-state index contributed by atoms with van der Waals surface area (Å²) >= 11 is 0. The molecule has 0 aromatic carbocycles. The Labute approximate surface area is 155 Å². The van der Waals surface area contributed by atoms with Gasteiger partial charge in [-0.2, -0.15) is 0 Å². The van der Waals surface area contributed by atoms with Crippen molar-refractivity contribution in [2.45, 2.75) is 51.6 Å². The number of rotatable bonds is 13. The molecule has 0 aliphatic carbocycles. The van der Waals surface area contributed by atoms with Crippen LogP contribution in [0.15, 0.2) is 12.7 Å². The molecule has 0 aliphatic rings. The predicted molar refractivity (Wildman–Crippen MR) is 78.8 cm³/mol. The predicted octanol–water partition coefficient (Wildman–Crippen LogP) is -0.989. The Hall–Kier alpha value is 0.0800. The van der Waals surface area contributed by atoms with E-state index in [4.69, 9.17) is 9.47 Å². The van der Waals surface area contributed by atoms with E-state index >= 15 is 0 Å². The van der Waals surface area contributed by atoms with E-state index in [0.29, 0.717) is 26.1 Å². The number of ether oxygens (including phenoxy) is 2. The van der Waals surface area contributed by atoms with Crippen LogP contribution in [0.4, 0.5) is 0 Å². The Morgan fingerprint density at radius 3 is 2.41 bits per heavy atom. The Bertz CT molecular complexity index is 396. The van der Waals surface area contributed by atoms with Crippen molar-refractivity contribution in [2.24, 2.45) is 0 Å². The molecule has 0 N–H and O–H groups in total. The summed E-state index contributed by atoms with van der Waals surface area (Å²) in [5, 5.41) is 0. The Kier molecular flexibility index (Phi) is 16.2. The smallest absolute Gasteiger partial charge is 0.748 e. The third-order valence-corrected chi connectivity index (χ3v) is 3.65. The van der Waals surface area contributed by atoms with Crippen LogP contribution in [0.5, 0.6) is 0 Å². The second-order valence-corrected chi connectivity index (χ2v) is 6.39. The van der Waals surface area contributed by atoms with E-state index in [9.17, 15) is 17.8 Å². The first kappa shape index (κ1) is 24.3. The van der Waals surface area contributed by atoms with E-state index in [1.54, 1.807) is 0 Å². The molecule has 0 aromatic rings. The quantitative estimate of drug-likeness (QED) is 0.140. The fourth-order valence-electron chi connectivity index (χ4n) is 1.69. The van der Waals surface area contributed by atoms with Crippen molar-refractivity contribution in [2.75, 3.05) is 19.0 Å². The summed E-state index contributed by atoms with van der Waals surface area (Å²) in [5.41, 5.74) is 0. The van der Waals surface area contributed by atoms with Crippen molar-refractivity contribution in [1.82, 2.24) is 0 Å². The van der Waals surface area contributed by atoms with Gasteiger partial charge in [0.15, 0.2) is 0 Å². The van der Waals surface area contributed by atoms with Crippen molar-refractivity contribution in [1.29, 1.82) is 0 Å². The van der Waals surface area contributed by atoms with Gasteiger partial charge in [-0.25, -0.2) is 13.2 Å². The third kappa shape index (κ3) is 18.1. The van der Waals surface area contributed by atoms with Gasteiger partial charge in [0.05, 0.1) is 22.8 Å². The van der Waals surface area contributed by atoms with Crippen molar-refractivity contribution in [3.63, 3.8) is 0 Å². The fourth-order valence-corrected chi connectivity index (χ4v) is 2.25. The zero-order chi connectivity index (χ0) is 16.1. The number of carbonyl (C=O) groups is 1. The van der Waals surface area contributed by atoms with Crippen LogP contribution in [0.2, 0.25) is 0 Å². The number of hydrogen-bond acceptors (Lipinski definition) is 6. The zero-order valence-electron chi connectivity index (χ0n) is 13.6. The molecule has 0 amide bonds. The van der Waals surface area contributed by atoms with E-state index in [-0.39, 0.29) is 41.4 Å². The fraction of sp³-hybridized carbons (Fsp3) is 0.786. The normalized spacial score (nSPS) is 12.3. The van der Waals surface area contributed by atoms with Crippen LogP contribution >= 0.6 is 0 Å².